The number of terminal acetylenes is 1. The fraction of sp³-hybridized carbons (Fsp3) is 0.467. The molecule has 0 aliphatic heterocycles. The van der Waals surface area contributed by atoms with Crippen LogP contribution in [0.25, 0.3) is 0 Å². The lowest BCUT2D eigenvalue weighted by atomic mass is 10.0. The van der Waals surface area contributed by atoms with Gasteiger partial charge in [0.2, 0.25) is 0 Å². The van der Waals surface area contributed by atoms with E-state index < -0.39 is 0 Å². The standard InChI is InChI=1S/C15H21N/c1-4-5-6-7-15(16-3)12-14-10-8-13(2)9-11-14/h1,8-11,15-16H,5-7,12H2,2-3H3. The zero-order valence-corrected chi connectivity index (χ0v) is 10.3. The molecule has 0 amide bonds. The molecule has 0 radical (unpaired) electrons. The first-order valence-electron chi connectivity index (χ1n) is 5.92. The van der Waals surface area contributed by atoms with Gasteiger partial charge in [0.15, 0.2) is 0 Å². The van der Waals surface area contributed by atoms with E-state index in [1.165, 1.54) is 11.1 Å². The van der Waals surface area contributed by atoms with E-state index in [4.69, 9.17) is 6.42 Å². The lowest BCUT2D eigenvalue weighted by Gasteiger charge is -2.15. The van der Waals surface area contributed by atoms with Crippen LogP contribution in [0.5, 0.6) is 0 Å². The Balaban J connectivity index is 2.43. The maximum atomic E-state index is 5.25. The summed E-state index contributed by atoms with van der Waals surface area (Å²) in [5, 5.41) is 3.36. The predicted octanol–water partition coefficient (Wildman–Crippen LogP) is 2.93. The quantitative estimate of drug-likeness (QED) is 0.568. The summed E-state index contributed by atoms with van der Waals surface area (Å²) in [6.07, 6.45) is 9.47. The van der Waals surface area contributed by atoms with Gasteiger partial charge in [0.25, 0.3) is 0 Å². The molecule has 1 rings (SSSR count). The second-order valence-corrected chi connectivity index (χ2v) is 4.27. The summed E-state index contributed by atoms with van der Waals surface area (Å²) in [5.74, 6) is 2.69. The van der Waals surface area contributed by atoms with Crippen molar-refractivity contribution < 1.29 is 0 Å². The maximum absolute atomic E-state index is 5.25. The molecule has 0 aliphatic carbocycles. The Morgan fingerprint density at radius 2 is 2.00 bits per heavy atom. The second-order valence-electron chi connectivity index (χ2n) is 4.27. The topological polar surface area (TPSA) is 12.0 Å². The SMILES string of the molecule is C#CCCCC(Cc1ccc(C)cc1)NC. The summed E-state index contributed by atoms with van der Waals surface area (Å²) in [6.45, 7) is 2.12. The number of hydrogen-bond donors (Lipinski definition) is 1. The molecule has 0 saturated heterocycles. The van der Waals surface area contributed by atoms with Gasteiger partial charge in [-0.2, -0.15) is 0 Å². The van der Waals surface area contributed by atoms with Crippen molar-refractivity contribution in [3.05, 3.63) is 35.4 Å². The van der Waals surface area contributed by atoms with E-state index in [1.807, 2.05) is 7.05 Å². The Morgan fingerprint density at radius 1 is 1.31 bits per heavy atom. The minimum Gasteiger partial charge on any atom is -0.317 e. The van der Waals surface area contributed by atoms with Gasteiger partial charge in [0.1, 0.15) is 0 Å². The van der Waals surface area contributed by atoms with Gasteiger partial charge in [-0.1, -0.05) is 29.8 Å². The van der Waals surface area contributed by atoms with Gasteiger partial charge in [-0.15, -0.1) is 12.3 Å². The molecule has 1 N–H and O–H groups in total. The number of likely N-dealkylation sites (N-methyl/N-ethyl adjacent to an activating group) is 1. The van der Waals surface area contributed by atoms with E-state index in [-0.39, 0.29) is 0 Å². The summed E-state index contributed by atoms with van der Waals surface area (Å²) in [5.41, 5.74) is 2.71. The third-order valence-electron chi connectivity index (χ3n) is 2.88. The molecule has 0 bridgehead atoms. The predicted molar refractivity (Wildman–Crippen MR) is 70.4 cm³/mol. The van der Waals surface area contributed by atoms with Crippen LogP contribution in [0.2, 0.25) is 0 Å². The molecular weight excluding hydrogens is 194 g/mol. The Hall–Kier alpha value is -1.26. The summed E-state index contributed by atoms with van der Waals surface area (Å²) in [4.78, 5) is 0. The number of benzene rings is 1. The Bertz CT molecular complexity index is 331. The Kier molecular flexibility index (Phi) is 5.67. The van der Waals surface area contributed by atoms with Gasteiger partial charge in [-0.25, -0.2) is 0 Å². The van der Waals surface area contributed by atoms with E-state index in [0.717, 1.165) is 25.7 Å². The first kappa shape index (κ1) is 12.8. The van der Waals surface area contributed by atoms with Crippen LogP contribution in [0, 0.1) is 19.3 Å². The summed E-state index contributed by atoms with van der Waals surface area (Å²) >= 11 is 0. The monoisotopic (exact) mass is 215 g/mol. The van der Waals surface area contributed by atoms with Crippen molar-refractivity contribution in [1.29, 1.82) is 0 Å². The van der Waals surface area contributed by atoms with Crippen LogP contribution >= 0.6 is 0 Å². The molecule has 1 unspecified atom stereocenters. The Morgan fingerprint density at radius 3 is 2.56 bits per heavy atom. The molecule has 0 aromatic heterocycles. The lowest BCUT2D eigenvalue weighted by Crippen LogP contribution is -2.27. The van der Waals surface area contributed by atoms with Crippen LogP contribution in [0.3, 0.4) is 0 Å². The van der Waals surface area contributed by atoms with Crippen LogP contribution in [-0.2, 0) is 6.42 Å². The van der Waals surface area contributed by atoms with E-state index in [0.29, 0.717) is 6.04 Å². The van der Waals surface area contributed by atoms with Crippen molar-refractivity contribution in [1.82, 2.24) is 5.32 Å². The summed E-state index contributed by atoms with van der Waals surface area (Å²) < 4.78 is 0. The third-order valence-corrected chi connectivity index (χ3v) is 2.88. The van der Waals surface area contributed by atoms with Crippen LogP contribution in [0.4, 0.5) is 0 Å². The van der Waals surface area contributed by atoms with E-state index in [2.05, 4.69) is 42.4 Å². The Labute approximate surface area is 99.3 Å². The van der Waals surface area contributed by atoms with Crippen molar-refractivity contribution in [2.24, 2.45) is 0 Å². The first-order chi connectivity index (χ1) is 7.76. The zero-order valence-electron chi connectivity index (χ0n) is 10.3. The highest BCUT2D eigenvalue weighted by molar-refractivity contribution is 5.22. The van der Waals surface area contributed by atoms with Crippen molar-refractivity contribution in [2.75, 3.05) is 7.05 Å². The average molecular weight is 215 g/mol. The molecule has 0 heterocycles. The van der Waals surface area contributed by atoms with Crippen LogP contribution in [0.15, 0.2) is 24.3 Å². The maximum Gasteiger partial charge on any atom is 0.0105 e. The number of aryl methyl sites for hydroxylation is 1. The number of unbranched alkanes of at least 4 members (excludes halogenated alkanes) is 1. The molecule has 16 heavy (non-hydrogen) atoms. The molecule has 1 heteroatoms. The highest BCUT2D eigenvalue weighted by Gasteiger charge is 2.06. The zero-order chi connectivity index (χ0) is 11.8. The number of hydrogen-bond acceptors (Lipinski definition) is 1. The van der Waals surface area contributed by atoms with Gasteiger partial charge < -0.3 is 5.32 Å². The lowest BCUT2D eigenvalue weighted by molar-refractivity contribution is 0.506. The van der Waals surface area contributed by atoms with Crippen LogP contribution < -0.4 is 5.32 Å². The first-order valence-corrected chi connectivity index (χ1v) is 5.92. The minimum absolute atomic E-state index is 0.538. The minimum atomic E-state index is 0.538. The highest BCUT2D eigenvalue weighted by atomic mass is 14.9. The molecule has 0 saturated carbocycles. The average Bonchev–Trinajstić information content (AvgIpc) is 2.31. The highest BCUT2D eigenvalue weighted by Crippen LogP contribution is 2.09. The fourth-order valence-corrected chi connectivity index (χ4v) is 1.81. The van der Waals surface area contributed by atoms with Crippen molar-refractivity contribution in [3.8, 4) is 12.3 Å². The molecule has 0 aliphatic rings. The van der Waals surface area contributed by atoms with Crippen molar-refractivity contribution in [2.45, 2.75) is 38.6 Å². The molecule has 86 valence electrons. The van der Waals surface area contributed by atoms with Crippen LogP contribution in [-0.4, -0.2) is 13.1 Å². The molecule has 1 aromatic carbocycles. The molecule has 1 nitrogen and oxygen atoms in total. The van der Waals surface area contributed by atoms with E-state index in [9.17, 15) is 0 Å². The largest absolute Gasteiger partial charge is 0.317 e. The summed E-state index contributed by atoms with van der Waals surface area (Å²) in [6, 6.07) is 9.30. The number of rotatable bonds is 6. The molecule has 0 fully saturated rings. The summed E-state index contributed by atoms with van der Waals surface area (Å²) in [7, 11) is 2.02. The van der Waals surface area contributed by atoms with Gasteiger partial charge in [0, 0.05) is 12.5 Å². The molecular formula is C15H21N. The number of nitrogens with one attached hydrogen (secondary N) is 1. The fourth-order valence-electron chi connectivity index (χ4n) is 1.81. The van der Waals surface area contributed by atoms with Crippen LogP contribution in [0.1, 0.15) is 30.4 Å². The normalized spacial score (nSPS) is 12.1. The van der Waals surface area contributed by atoms with Crippen molar-refractivity contribution >= 4 is 0 Å². The van der Waals surface area contributed by atoms with Gasteiger partial charge in [-0.05, 0) is 38.8 Å². The van der Waals surface area contributed by atoms with Crippen molar-refractivity contribution in [3.63, 3.8) is 0 Å². The smallest absolute Gasteiger partial charge is 0.0105 e. The van der Waals surface area contributed by atoms with Gasteiger partial charge in [-0.3, -0.25) is 0 Å². The molecule has 0 spiro atoms. The third kappa shape index (κ3) is 4.51. The van der Waals surface area contributed by atoms with E-state index in [1.54, 1.807) is 0 Å². The van der Waals surface area contributed by atoms with Gasteiger partial charge >= 0.3 is 0 Å². The second kappa shape index (κ2) is 7.09. The van der Waals surface area contributed by atoms with E-state index >= 15 is 0 Å². The van der Waals surface area contributed by atoms with Gasteiger partial charge in [0.05, 0.1) is 0 Å². The molecule has 1 atom stereocenters. The molecule has 1 aromatic rings.